The van der Waals surface area contributed by atoms with Gasteiger partial charge in [0.15, 0.2) is 0 Å². The molecule has 0 heterocycles. The maximum Gasteiger partial charge on any atom is 0.264 e. The lowest BCUT2D eigenvalue weighted by molar-refractivity contribution is -0.402. The standard InChI is InChI=1S/C16H18N2O3S/c1-22-16(11-18(19)20)17-14-8-5-9-15(10-14)21-12-13-6-3-2-4-7-13/h3,5-11,17H,2,4,12H2,1H3/b16-11-. The first-order chi connectivity index (χ1) is 10.7. The topological polar surface area (TPSA) is 64.4 Å². The third kappa shape index (κ3) is 5.29. The van der Waals surface area contributed by atoms with E-state index in [4.69, 9.17) is 4.74 Å². The van der Waals surface area contributed by atoms with Crippen LogP contribution in [0.3, 0.4) is 0 Å². The smallest absolute Gasteiger partial charge is 0.264 e. The van der Waals surface area contributed by atoms with E-state index in [0.717, 1.165) is 30.5 Å². The summed E-state index contributed by atoms with van der Waals surface area (Å²) in [5.74, 6) is 0.728. The summed E-state index contributed by atoms with van der Waals surface area (Å²) in [6.07, 6.45) is 11.3. The Labute approximate surface area is 133 Å². The molecule has 0 bridgehead atoms. The van der Waals surface area contributed by atoms with Crippen LogP contribution < -0.4 is 10.1 Å². The molecule has 0 amide bonds. The predicted molar refractivity (Wildman–Crippen MR) is 90.6 cm³/mol. The van der Waals surface area contributed by atoms with Crippen molar-refractivity contribution in [1.82, 2.24) is 0 Å². The number of hydrogen-bond acceptors (Lipinski definition) is 5. The Bertz CT molecular complexity index is 624. The van der Waals surface area contributed by atoms with Gasteiger partial charge in [0.25, 0.3) is 6.20 Å². The van der Waals surface area contributed by atoms with E-state index in [-0.39, 0.29) is 0 Å². The number of thioether (sulfide) groups is 1. The molecule has 0 spiro atoms. The van der Waals surface area contributed by atoms with Crippen molar-refractivity contribution in [2.75, 3.05) is 18.2 Å². The Morgan fingerprint density at radius 2 is 2.36 bits per heavy atom. The molecule has 0 aliphatic heterocycles. The van der Waals surface area contributed by atoms with E-state index in [0.29, 0.717) is 11.6 Å². The largest absolute Gasteiger partial charge is 0.489 e. The molecule has 0 saturated carbocycles. The van der Waals surface area contributed by atoms with Crippen molar-refractivity contribution in [3.63, 3.8) is 0 Å². The Morgan fingerprint density at radius 1 is 1.50 bits per heavy atom. The first kappa shape index (κ1) is 16.2. The van der Waals surface area contributed by atoms with Crippen molar-refractivity contribution in [1.29, 1.82) is 0 Å². The van der Waals surface area contributed by atoms with Gasteiger partial charge in [-0.1, -0.05) is 24.3 Å². The minimum atomic E-state index is -0.471. The molecule has 1 N–H and O–H groups in total. The maximum absolute atomic E-state index is 10.5. The minimum absolute atomic E-state index is 0.471. The second-order valence-corrected chi connectivity index (χ2v) is 5.53. The van der Waals surface area contributed by atoms with Crippen LogP contribution in [0.5, 0.6) is 5.75 Å². The summed E-state index contributed by atoms with van der Waals surface area (Å²) in [6.45, 7) is 0.528. The molecule has 0 atom stereocenters. The van der Waals surface area contributed by atoms with Crippen LogP contribution in [0.1, 0.15) is 12.8 Å². The first-order valence-electron chi connectivity index (χ1n) is 6.92. The molecule has 116 valence electrons. The summed E-state index contributed by atoms with van der Waals surface area (Å²) in [5, 5.41) is 14.0. The monoisotopic (exact) mass is 318 g/mol. The lowest BCUT2D eigenvalue weighted by Gasteiger charge is -2.11. The third-order valence-electron chi connectivity index (χ3n) is 3.02. The van der Waals surface area contributed by atoms with Gasteiger partial charge in [0.05, 0.1) is 4.92 Å². The molecule has 1 aromatic rings. The summed E-state index contributed by atoms with van der Waals surface area (Å²) in [7, 11) is 0. The Morgan fingerprint density at radius 3 is 3.05 bits per heavy atom. The number of nitro groups is 1. The van der Waals surface area contributed by atoms with Gasteiger partial charge in [0.1, 0.15) is 17.4 Å². The third-order valence-corrected chi connectivity index (χ3v) is 3.67. The van der Waals surface area contributed by atoms with Gasteiger partial charge in [-0.3, -0.25) is 10.1 Å². The fourth-order valence-electron chi connectivity index (χ4n) is 1.98. The van der Waals surface area contributed by atoms with Crippen molar-refractivity contribution < 1.29 is 9.66 Å². The molecule has 1 aromatic carbocycles. The second-order valence-electron chi connectivity index (χ2n) is 4.68. The molecular formula is C16H18N2O3S. The fraction of sp³-hybridized carbons (Fsp3) is 0.250. The molecule has 1 aliphatic carbocycles. The lowest BCUT2D eigenvalue weighted by Crippen LogP contribution is -2.02. The molecule has 1 aliphatic rings. The van der Waals surface area contributed by atoms with Gasteiger partial charge in [-0.2, -0.15) is 0 Å². The van der Waals surface area contributed by atoms with Gasteiger partial charge < -0.3 is 10.1 Å². The molecule has 0 radical (unpaired) electrons. The van der Waals surface area contributed by atoms with Crippen LogP contribution in [0.15, 0.2) is 59.3 Å². The molecule has 6 heteroatoms. The van der Waals surface area contributed by atoms with E-state index >= 15 is 0 Å². The second kappa shape index (κ2) is 8.29. The summed E-state index contributed by atoms with van der Waals surface area (Å²) in [5.41, 5.74) is 1.93. The normalized spacial score (nSPS) is 14.4. The maximum atomic E-state index is 10.5. The number of anilines is 1. The van der Waals surface area contributed by atoms with Crippen molar-refractivity contribution in [2.24, 2.45) is 0 Å². The van der Waals surface area contributed by atoms with Crippen LogP contribution in [-0.2, 0) is 0 Å². The van der Waals surface area contributed by atoms with E-state index in [1.54, 1.807) is 6.26 Å². The van der Waals surface area contributed by atoms with Crippen LogP contribution in [0.4, 0.5) is 5.69 Å². The van der Waals surface area contributed by atoms with E-state index < -0.39 is 4.92 Å². The van der Waals surface area contributed by atoms with Crippen LogP contribution in [0.25, 0.3) is 0 Å². The number of benzene rings is 1. The zero-order chi connectivity index (χ0) is 15.8. The number of allylic oxidation sites excluding steroid dienone is 2. The number of ether oxygens (including phenoxy) is 1. The molecular weight excluding hydrogens is 300 g/mol. The molecule has 0 aromatic heterocycles. The highest BCUT2D eigenvalue weighted by Crippen LogP contribution is 2.22. The van der Waals surface area contributed by atoms with E-state index in [9.17, 15) is 10.1 Å². The lowest BCUT2D eigenvalue weighted by atomic mass is 10.1. The van der Waals surface area contributed by atoms with Crippen molar-refractivity contribution in [3.05, 3.63) is 69.4 Å². The molecule has 0 fully saturated rings. The Hall–Kier alpha value is -2.21. The average molecular weight is 318 g/mol. The number of rotatable bonds is 7. The highest BCUT2D eigenvalue weighted by atomic mass is 32.2. The summed E-state index contributed by atoms with van der Waals surface area (Å²) in [4.78, 5) is 10.1. The van der Waals surface area contributed by atoms with Crippen LogP contribution in [0, 0.1) is 10.1 Å². The molecule has 0 saturated heterocycles. The zero-order valence-electron chi connectivity index (χ0n) is 12.3. The van der Waals surface area contributed by atoms with Gasteiger partial charge >= 0.3 is 0 Å². The van der Waals surface area contributed by atoms with Crippen LogP contribution in [-0.4, -0.2) is 17.8 Å². The highest BCUT2D eigenvalue weighted by Gasteiger charge is 2.04. The molecule has 2 rings (SSSR count). The van der Waals surface area contributed by atoms with Crippen molar-refractivity contribution in [2.45, 2.75) is 12.8 Å². The summed E-state index contributed by atoms with van der Waals surface area (Å²) >= 11 is 1.28. The Balaban J connectivity index is 1.98. The minimum Gasteiger partial charge on any atom is -0.489 e. The first-order valence-corrected chi connectivity index (χ1v) is 8.14. The van der Waals surface area contributed by atoms with Gasteiger partial charge in [0, 0.05) is 11.8 Å². The summed E-state index contributed by atoms with van der Waals surface area (Å²) in [6, 6.07) is 7.40. The van der Waals surface area contributed by atoms with Gasteiger partial charge in [0.2, 0.25) is 0 Å². The predicted octanol–water partition coefficient (Wildman–Crippen LogP) is 4.19. The van der Waals surface area contributed by atoms with Gasteiger partial charge in [-0.15, -0.1) is 11.8 Å². The van der Waals surface area contributed by atoms with Crippen molar-refractivity contribution in [3.8, 4) is 5.75 Å². The number of hydrogen-bond donors (Lipinski definition) is 1. The molecule has 22 heavy (non-hydrogen) atoms. The van der Waals surface area contributed by atoms with Gasteiger partial charge in [-0.05, 0) is 36.8 Å². The van der Waals surface area contributed by atoms with Gasteiger partial charge in [-0.25, -0.2) is 0 Å². The number of nitrogens with one attached hydrogen (secondary N) is 1. The molecule has 5 nitrogen and oxygen atoms in total. The molecule has 0 unspecified atom stereocenters. The average Bonchev–Trinajstić information content (AvgIpc) is 2.53. The van der Waals surface area contributed by atoms with E-state index in [1.165, 1.54) is 17.3 Å². The van der Waals surface area contributed by atoms with Crippen LogP contribution >= 0.6 is 11.8 Å². The SMILES string of the molecule is CS/C(=C\[N+](=O)[O-])Nc1cccc(OCC2=CCCC=C2)c1. The van der Waals surface area contributed by atoms with E-state index in [2.05, 4.69) is 23.5 Å². The fourth-order valence-corrected chi connectivity index (χ4v) is 2.39. The quantitative estimate of drug-likeness (QED) is 0.603. The van der Waals surface area contributed by atoms with E-state index in [1.807, 2.05) is 24.3 Å². The van der Waals surface area contributed by atoms with Crippen molar-refractivity contribution >= 4 is 17.4 Å². The highest BCUT2D eigenvalue weighted by molar-refractivity contribution is 8.02. The number of nitrogens with zero attached hydrogens (tertiary/aromatic N) is 1. The zero-order valence-corrected chi connectivity index (χ0v) is 13.1. The summed E-state index contributed by atoms with van der Waals surface area (Å²) < 4.78 is 5.76. The Kier molecular flexibility index (Phi) is 6.09. The van der Waals surface area contributed by atoms with Crippen LogP contribution in [0.2, 0.25) is 0 Å².